The van der Waals surface area contributed by atoms with E-state index in [0.717, 1.165) is 5.56 Å². The van der Waals surface area contributed by atoms with Crippen LogP contribution in [0.15, 0.2) is 46.9 Å². The van der Waals surface area contributed by atoms with Crippen molar-refractivity contribution >= 4 is 21.6 Å². The zero-order valence-corrected chi connectivity index (χ0v) is 11.4. The van der Waals surface area contributed by atoms with Crippen molar-refractivity contribution in [1.29, 1.82) is 0 Å². The lowest BCUT2D eigenvalue weighted by Crippen LogP contribution is -2.03. The summed E-state index contributed by atoms with van der Waals surface area (Å²) in [5.74, 6) is 0.151. The smallest absolute Gasteiger partial charge is 0.141 e. The fourth-order valence-corrected chi connectivity index (χ4v) is 1.88. The molecule has 2 N–H and O–H groups in total. The molecule has 0 bridgehead atoms. The number of nitrogens with two attached hydrogens (primary N) is 1. The van der Waals surface area contributed by atoms with Gasteiger partial charge in [0.2, 0.25) is 0 Å². The number of hydrogen-bond donors (Lipinski definition) is 1. The van der Waals surface area contributed by atoms with Crippen LogP contribution in [0.2, 0.25) is 0 Å². The Morgan fingerprint density at radius 3 is 2.67 bits per heavy atom. The molecule has 0 spiro atoms. The third kappa shape index (κ3) is 3.01. The topological polar surface area (TPSA) is 35.2 Å². The Hall–Kier alpha value is -1.55. The van der Waals surface area contributed by atoms with E-state index in [1.165, 1.54) is 6.07 Å². The SMILES string of the molecule is CC(Oc1ccc(Br)c(F)c1)c1cccc(N)c1. The van der Waals surface area contributed by atoms with Crippen LogP contribution in [0.5, 0.6) is 5.75 Å². The van der Waals surface area contributed by atoms with E-state index < -0.39 is 0 Å². The maximum Gasteiger partial charge on any atom is 0.141 e. The van der Waals surface area contributed by atoms with Crippen LogP contribution in [0.4, 0.5) is 10.1 Å². The van der Waals surface area contributed by atoms with Gasteiger partial charge in [-0.25, -0.2) is 4.39 Å². The van der Waals surface area contributed by atoms with Gasteiger partial charge in [-0.05, 0) is 52.7 Å². The van der Waals surface area contributed by atoms with Gasteiger partial charge in [-0.3, -0.25) is 0 Å². The number of benzene rings is 2. The van der Waals surface area contributed by atoms with Gasteiger partial charge >= 0.3 is 0 Å². The molecule has 2 aromatic rings. The van der Waals surface area contributed by atoms with Crippen molar-refractivity contribution in [3.05, 3.63) is 58.3 Å². The highest BCUT2D eigenvalue weighted by Gasteiger charge is 2.09. The van der Waals surface area contributed by atoms with Gasteiger partial charge in [-0.15, -0.1) is 0 Å². The molecule has 18 heavy (non-hydrogen) atoms. The molecule has 0 saturated heterocycles. The summed E-state index contributed by atoms with van der Waals surface area (Å²) >= 11 is 3.10. The molecule has 0 aromatic heterocycles. The molecule has 0 radical (unpaired) electrons. The lowest BCUT2D eigenvalue weighted by Gasteiger charge is -2.15. The second-order valence-corrected chi connectivity index (χ2v) is 4.86. The zero-order chi connectivity index (χ0) is 13.1. The number of hydrogen-bond acceptors (Lipinski definition) is 2. The monoisotopic (exact) mass is 309 g/mol. The molecule has 1 unspecified atom stereocenters. The predicted octanol–water partition coefficient (Wildman–Crippen LogP) is 4.31. The minimum absolute atomic E-state index is 0.186. The molecule has 0 heterocycles. The van der Waals surface area contributed by atoms with Crippen molar-refractivity contribution in [1.82, 2.24) is 0 Å². The van der Waals surface area contributed by atoms with E-state index in [2.05, 4.69) is 15.9 Å². The van der Waals surface area contributed by atoms with Gasteiger partial charge in [-0.2, -0.15) is 0 Å². The summed E-state index contributed by atoms with van der Waals surface area (Å²) in [7, 11) is 0. The van der Waals surface area contributed by atoms with Crippen LogP contribution >= 0.6 is 15.9 Å². The maximum atomic E-state index is 13.3. The van der Waals surface area contributed by atoms with Crippen molar-refractivity contribution in [2.45, 2.75) is 13.0 Å². The van der Waals surface area contributed by atoms with E-state index in [0.29, 0.717) is 15.9 Å². The Labute approximate surface area is 114 Å². The summed E-state index contributed by atoms with van der Waals surface area (Å²) in [6.45, 7) is 1.90. The van der Waals surface area contributed by atoms with Crippen molar-refractivity contribution in [2.75, 3.05) is 5.73 Å². The van der Waals surface area contributed by atoms with Crippen molar-refractivity contribution in [3.63, 3.8) is 0 Å². The summed E-state index contributed by atoms with van der Waals surface area (Å²) < 4.78 is 19.4. The molecular weight excluding hydrogens is 297 g/mol. The average molecular weight is 310 g/mol. The first-order chi connectivity index (χ1) is 8.56. The van der Waals surface area contributed by atoms with Crippen molar-refractivity contribution in [3.8, 4) is 5.75 Å². The lowest BCUT2D eigenvalue weighted by molar-refractivity contribution is 0.226. The number of ether oxygens (including phenoxy) is 1. The molecule has 2 rings (SSSR count). The van der Waals surface area contributed by atoms with Gasteiger partial charge in [-0.1, -0.05) is 12.1 Å². The molecular formula is C14H13BrFNO. The van der Waals surface area contributed by atoms with E-state index in [1.54, 1.807) is 12.1 Å². The number of nitrogen functional groups attached to an aromatic ring is 1. The zero-order valence-electron chi connectivity index (χ0n) is 9.86. The van der Waals surface area contributed by atoms with E-state index in [-0.39, 0.29) is 11.9 Å². The van der Waals surface area contributed by atoms with Crippen LogP contribution < -0.4 is 10.5 Å². The van der Waals surface area contributed by atoms with Crippen molar-refractivity contribution < 1.29 is 9.13 Å². The second-order valence-electron chi connectivity index (χ2n) is 4.01. The summed E-state index contributed by atoms with van der Waals surface area (Å²) in [5, 5.41) is 0. The molecule has 0 saturated carbocycles. The summed E-state index contributed by atoms with van der Waals surface area (Å²) in [6.07, 6.45) is -0.186. The van der Waals surface area contributed by atoms with E-state index in [4.69, 9.17) is 10.5 Å². The Kier molecular flexibility index (Phi) is 3.87. The van der Waals surface area contributed by atoms with Crippen LogP contribution in [0, 0.1) is 5.82 Å². The maximum absolute atomic E-state index is 13.3. The molecule has 1 atom stereocenters. The van der Waals surface area contributed by atoms with Gasteiger partial charge < -0.3 is 10.5 Å². The van der Waals surface area contributed by atoms with Gasteiger partial charge in [0.25, 0.3) is 0 Å². The first-order valence-electron chi connectivity index (χ1n) is 5.53. The largest absolute Gasteiger partial charge is 0.486 e. The molecule has 0 aliphatic heterocycles. The highest BCUT2D eigenvalue weighted by Crippen LogP contribution is 2.26. The fraction of sp³-hybridized carbons (Fsp3) is 0.143. The molecule has 0 aliphatic rings. The minimum atomic E-state index is -0.340. The Morgan fingerprint density at radius 1 is 1.22 bits per heavy atom. The summed E-state index contributed by atoms with van der Waals surface area (Å²) in [4.78, 5) is 0. The molecule has 0 aliphatic carbocycles. The Bertz CT molecular complexity index is 559. The molecule has 94 valence electrons. The van der Waals surface area contributed by atoms with Gasteiger partial charge in [0, 0.05) is 11.8 Å². The molecule has 0 amide bonds. The highest BCUT2D eigenvalue weighted by atomic mass is 79.9. The quantitative estimate of drug-likeness (QED) is 0.857. The first kappa shape index (κ1) is 12.9. The molecule has 0 fully saturated rings. The van der Waals surface area contributed by atoms with Crippen LogP contribution in [-0.2, 0) is 0 Å². The molecule has 4 heteroatoms. The lowest BCUT2D eigenvalue weighted by atomic mass is 10.1. The number of rotatable bonds is 3. The third-order valence-electron chi connectivity index (χ3n) is 2.58. The average Bonchev–Trinajstić information content (AvgIpc) is 2.34. The van der Waals surface area contributed by atoms with E-state index in [1.807, 2.05) is 31.2 Å². The molecule has 2 nitrogen and oxygen atoms in total. The normalized spacial score (nSPS) is 12.2. The van der Waals surface area contributed by atoms with Crippen LogP contribution in [0.25, 0.3) is 0 Å². The summed E-state index contributed by atoms with van der Waals surface area (Å²) in [6, 6.07) is 12.2. The van der Waals surface area contributed by atoms with Crippen LogP contribution in [-0.4, -0.2) is 0 Å². The van der Waals surface area contributed by atoms with E-state index >= 15 is 0 Å². The highest BCUT2D eigenvalue weighted by molar-refractivity contribution is 9.10. The minimum Gasteiger partial charge on any atom is -0.486 e. The fourth-order valence-electron chi connectivity index (χ4n) is 1.63. The predicted molar refractivity (Wildman–Crippen MR) is 74.0 cm³/mol. The van der Waals surface area contributed by atoms with Crippen LogP contribution in [0.3, 0.4) is 0 Å². The Morgan fingerprint density at radius 2 is 2.00 bits per heavy atom. The summed E-state index contributed by atoms with van der Waals surface area (Å²) in [5.41, 5.74) is 7.35. The standard InChI is InChI=1S/C14H13BrFNO/c1-9(10-3-2-4-11(17)7-10)18-12-5-6-13(15)14(16)8-12/h2-9H,17H2,1H3. The van der Waals surface area contributed by atoms with Crippen LogP contribution in [0.1, 0.15) is 18.6 Å². The Balaban J connectivity index is 2.16. The van der Waals surface area contributed by atoms with Gasteiger partial charge in [0.05, 0.1) is 4.47 Å². The molecule has 2 aromatic carbocycles. The van der Waals surface area contributed by atoms with Gasteiger partial charge in [0.1, 0.15) is 17.7 Å². The van der Waals surface area contributed by atoms with E-state index in [9.17, 15) is 4.39 Å². The number of anilines is 1. The second kappa shape index (κ2) is 5.40. The van der Waals surface area contributed by atoms with Crippen molar-refractivity contribution in [2.24, 2.45) is 0 Å². The number of halogens is 2. The first-order valence-corrected chi connectivity index (χ1v) is 6.32. The van der Waals surface area contributed by atoms with Gasteiger partial charge in [0.15, 0.2) is 0 Å². The third-order valence-corrected chi connectivity index (χ3v) is 3.23.